The molecule has 0 bridgehead atoms. The van der Waals surface area contributed by atoms with Crippen molar-refractivity contribution in [1.82, 2.24) is 19.7 Å². The van der Waals surface area contributed by atoms with Crippen molar-refractivity contribution in [2.75, 3.05) is 23.7 Å². The predicted molar refractivity (Wildman–Crippen MR) is 124 cm³/mol. The molecule has 0 aliphatic carbocycles. The first kappa shape index (κ1) is 21.5. The molecule has 3 aromatic rings. The summed E-state index contributed by atoms with van der Waals surface area (Å²) in [6.07, 6.45) is 6.00. The molecule has 0 atom stereocenters. The molecule has 0 saturated carbocycles. The van der Waals surface area contributed by atoms with Gasteiger partial charge in [0.25, 0.3) is 5.91 Å². The Bertz CT molecular complexity index is 1080. The fourth-order valence-electron chi connectivity index (χ4n) is 3.82. The highest BCUT2D eigenvalue weighted by Gasteiger charge is 2.15. The molecule has 0 spiro atoms. The van der Waals surface area contributed by atoms with Crippen molar-refractivity contribution < 1.29 is 9.59 Å². The Morgan fingerprint density at radius 2 is 1.53 bits per heavy atom. The highest BCUT2D eigenvalue weighted by Crippen LogP contribution is 2.17. The summed E-state index contributed by atoms with van der Waals surface area (Å²) in [6.45, 7) is 5.48. The summed E-state index contributed by atoms with van der Waals surface area (Å²) in [4.78, 5) is 31.3. The molecule has 1 aliphatic heterocycles. The van der Waals surface area contributed by atoms with E-state index in [1.54, 1.807) is 41.1 Å². The summed E-state index contributed by atoms with van der Waals surface area (Å²) in [6, 6.07) is 12.5. The monoisotopic (exact) mass is 432 g/mol. The third-order valence-corrected chi connectivity index (χ3v) is 5.52. The molecule has 0 unspecified atom stereocenters. The lowest BCUT2D eigenvalue weighted by molar-refractivity contribution is 0.102. The van der Waals surface area contributed by atoms with Gasteiger partial charge in [-0.2, -0.15) is 5.10 Å². The summed E-state index contributed by atoms with van der Waals surface area (Å²) < 4.78 is 1.75. The normalized spacial score (nSPS) is 14.0. The van der Waals surface area contributed by atoms with Gasteiger partial charge in [0.15, 0.2) is 5.82 Å². The second kappa shape index (κ2) is 9.64. The predicted octanol–water partition coefficient (Wildman–Crippen LogP) is 4.54. The first-order valence-corrected chi connectivity index (χ1v) is 11.0. The van der Waals surface area contributed by atoms with Crippen LogP contribution in [0, 0.1) is 13.8 Å². The highest BCUT2D eigenvalue weighted by atomic mass is 16.2. The Labute approximate surface area is 187 Å². The van der Waals surface area contributed by atoms with Crippen LogP contribution in [0.4, 0.5) is 16.2 Å². The number of hydrogen-bond donors (Lipinski definition) is 2. The van der Waals surface area contributed by atoms with Crippen molar-refractivity contribution >= 4 is 23.3 Å². The Balaban J connectivity index is 1.35. The van der Waals surface area contributed by atoms with Crippen molar-refractivity contribution in [2.45, 2.75) is 39.5 Å². The van der Waals surface area contributed by atoms with Gasteiger partial charge < -0.3 is 15.5 Å². The Kier molecular flexibility index (Phi) is 6.49. The zero-order chi connectivity index (χ0) is 22.5. The van der Waals surface area contributed by atoms with E-state index in [0.717, 1.165) is 37.3 Å². The van der Waals surface area contributed by atoms with Gasteiger partial charge in [0.05, 0.1) is 11.3 Å². The number of rotatable bonds is 4. The van der Waals surface area contributed by atoms with Crippen LogP contribution in [0.15, 0.2) is 48.7 Å². The summed E-state index contributed by atoms with van der Waals surface area (Å²) in [5.41, 5.74) is 3.69. The number of pyridine rings is 1. The summed E-state index contributed by atoms with van der Waals surface area (Å²) >= 11 is 0. The molecule has 2 aromatic heterocycles. The third-order valence-electron chi connectivity index (χ3n) is 5.52. The van der Waals surface area contributed by atoms with E-state index in [9.17, 15) is 9.59 Å². The maximum absolute atomic E-state index is 12.6. The molecule has 166 valence electrons. The number of carbonyl (C=O) groups is 2. The molecule has 1 saturated heterocycles. The average Bonchev–Trinajstić information content (AvgIpc) is 2.97. The number of anilines is 2. The van der Waals surface area contributed by atoms with E-state index in [-0.39, 0.29) is 11.9 Å². The van der Waals surface area contributed by atoms with Gasteiger partial charge in [-0.05, 0) is 69.2 Å². The second-order valence-electron chi connectivity index (χ2n) is 8.11. The van der Waals surface area contributed by atoms with E-state index >= 15 is 0 Å². The SMILES string of the molecule is Cc1cc(C)n(-c2ccc(C(=O)Nc3ccc(NC(=O)N4CCCCCC4)cc3)cn2)n1. The van der Waals surface area contributed by atoms with Crippen molar-refractivity contribution in [3.8, 4) is 5.82 Å². The Morgan fingerprint density at radius 3 is 2.09 bits per heavy atom. The van der Waals surface area contributed by atoms with Gasteiger partial charge in [0.2, 0.25) is 0 Å². The molecule has 0 radical (unpaired) electrons. The lowest BCUT2D eigenvalue weighted by Crippen LogP contribution is -2.35. The molecule has 4 rings (SSSR count). The Morgan fingerprint density at radius 1 is 0.875 bits per heavy atom. The topological polar surface area (TPSA) is 92.2 Å². The number of urea groups is 1. The van der Waals surface area contributed by atoms with Crippen molar-refractivity contribution in [2.24, 2.45) is 0 Å². The molecule has 32 heavy (non-hydrogen) atoms. The quantitative estimate of drug-likeness (QED) is 0.633. The lowest BCUT2D eigenvalue weighted by atomic mass is 10.2. The Hall–Kier alpha value is -3.68. The standard InChI is InChI=1S/C24H28N6O2/c1-17-15-18(2)30(28-17)22-12-7-19(16-25-22)23(31)26-20-8-10-21(11-9-20)27-24(32)29-13-5-3-4-6-14-29/h7-12,15-16H,3-6,13-14H2,1-2H3,(H,26,31)(H,27,32). The van der Waals surface area contributed by atoms with Gasteiger partial charge in [-0.1, -0.05) is 12.8 Å². The molecule has 2 N–H and O–H groups in total. The number of benzene rings is 1. The van der Waals surface area contributed by atoms with E-state index in [2.05, 4.69) is 20.7 Å². The van der Waals surface area contributed by atoms with E-state index in [1.165, 1.54) is 19.0 Å². The van der Waals surface area contributed by atoms with E-state index < -0.39 is 0 Å². The number of nitrogens with one attached hydrogen (secondary N) is 2. The second-order valence-corrected chi connectivity index (χ2v) is 8.11. The molecular formula is C24H28N6O2. The summed E-state index contributed by atoms with van der Waals surface area (Å²) in [5, 5.41) is 10.2. The van der Waals surface area contributed by atoms with Gasteiger partial charge in [-0.15, -0.1) is 0 Å². The third kappa shape index (κ3) is 5.14. The van der Waals surface area contributed by atoms with Crippen LogP contribution in [-0.4, -0.2) is 44.7 Å². The number of likely N-dealkylation sites (tertiary alicyclic amines) is 1. The number of hydrogen-bond acceptors (Lipinski definition) is 4. The van der Waals surface area contributed by atoms with E-state index in [1.807, 2.05) is 24.8 Å². The molecule has 1 aromatic carbocycles. The molecule has 8 nitrogen and oxygen atoms in total. The fraction of sp³-hybridized carbons (Fsp3) is 0.333. The lowest BCUT2D eigenvalue weighted by Gasteiger charge is -2.20. The molecule has 3 heterocycles. The molecular weight excluding hydrogens is 404 g/mol. The molecule has 3 amide bonds. The van der Waals surface area contributed by atoms with Crippen LogP contribution < -0.4 is 10.6 Å². The van der Waals surface area contributed by atoms with Gasteiger partial charge in [-0.3, -0.25) is 4.79 Å². The summed E-state index contributed by atoms with van der Waals surface area (Å²) in [7, 11) is 0. The van der Waals surface area contributed by atoms with Crippen LogP contribution in [0.2, 0.25) is 0 Å². The number of aryl methyl sites for hydroxylation is 2. The molecule has 8 heteroatoms. The summed E-state index contributed by atoms with van der Waals surface area (Å²) in [5.74, 6) is 0.412. The molecule has 1 fully saturated rings. The van der Waals surface area contributed by atoms with E-state index in [0.29, 0.717) is 22.8 Å². The zero-order valence-electron chi connectivity index (χ0n) is 18.5. The smallest absolute Gasteiger partial charge is 0.321 e. The van der Waals surface area contributed by atoms with Gasteiger partial charge in [-0.25, -0.2) is 14.5 Å². The van der Waals surface area contributed by atoms with Crippen LogP contribution in [-0.2, 0) is 0 Å². The van der Waals surface area contributed by atoms with Crippen LogP contribution in [0.1, 0.15) is 47.4 Å². The minimum Gasteiger partial charge on any atom is -0.325 e. The average molecular weight is 433 g/mol. The van der Waals surface area contributed by atoms with Gasteiger partial charge in [0.1, 0.15) is 0 Å². The van der Waals surface area contributed by atoms with Crippen molar-refractivity contribution in [3.05, 3.63) is 65.6 Å². The van der Waals surface area contributed by atoms with Crippen molar-refractivity contribution in [3.63, 3.8) is 0 Å². The fourth-order valence-corrected chi connectivity index (χ4v) is 3.82. The minimum atomic E-state index is -0.251. The number of carbonyl (C=O) groups excluding carboxylic acids is 2. The van der Waals surface area contributed by atoms with Gasteiger partial charge in [0, 0.05) is 36.4 Å². The van der Waals surface area contributed by atoms with Gasteiger partial charge >= 0.3 is 6.03 Å². The number of nitrogens with zero attached hydrogens (tertiary/aromatic N) is 4. The molecule has 1 aliphatic rings. The van der Waals surface area contributed by atoms with Crippen LogP contribution in [0.3, 0.4) is 0 Å². The van der Waals surface area contributed by atoms with Crippen molar-refractivity contribution in [1.29, 1.82) is 0 Å². The van der Waals surface area contributed by atoms with E-state index in [4.69, 9.17) is 0 Å². The maximum atomic E-state index is 12.6. The highest BCUT2D eigenvalue weighted by molar-refractivity contribution is 6.04. The largest absolute Gasteiger partial charge is 0.325 e. The van der Waals surface area contributed by atoms with Crippen LogP contribution in [0.5, 0.6) is 0 Å². The number of aromatic nitrogens is 3. The minimum absolute atomic E-state index is 0.0718. The van der Waals surface area contributed by atoms with Crippen LogP contribution >= 0.6 is 0 Å². The number of amides is 3. The van der Waals surface area contributed by atoms with Crippen LogP contribution in [0.25, 0.3) is 5.82 Å². The first-order chi connectivity index (χ1) is 15.5. The maximum Gasteiger partial charge on any atom is 0.321 e. The first-order valence-electron chi connectivity index (χ1n) is 11.0. The zero-order valence-corrected chi connectivity index (χ0v) is 18.5.